The van der Waals surface area contributed by atoms with E-state index in [4.69, 9.17) is 14.2 Å². The highest BCUT2D eigenvalue weighted by Crippen LogP contribution is 2.42. The Labute approximate surface area is 252 Å². The first kappa shape index (κ1) is 29.4. The van der Waals surface area contributed by atoms with E-state index in [1.165, 1.54) is 12.1 Å². The van der Waals surface area contributed by atoms with Crippen molar-refractivity contribution in [2.24, 2.45) is 0 Å². The molecule has 7 nitrogen and oxygen atoms in total. The number of hydrogen-bond donors (Lipinski definition) is 1. The number of aromatic nitrogens is 2. The lowest BCUT2D eigenvalue weighted by atomic mass is 9.80. The van der Waals surface area contributed by atoms with Gasteiger partial charge in [0, 0.05) is 6.42 Å². The summed E-state index contributed by atoms with van der Waals surface area (Å²) in [5.74, 6) is -1.46. The minimum absolute atomic E-state index is 0.0316. The average molecular weight is 597 g/mol. The SMILES string of the molecule is O=c1[nH]c(=O)n([C@H]2C[C@H](OCc3ccc(F)cc3)[C@@H](COC(c3ccccc3)(c3ccccc3)c3ccccc3)O2)cc1F. The summed E-state index contributed by atoms with van der Waals surface area (Å²) < 4.78 is 48.3. The fourth-order valence-corrected chi connectivity index (χ4v) is 5.63. The van der Waals surface area contributed by atoms with Gasteiger partial charge >= 0.3 is 5.69 Å². The van der Waals surface area contributed by atoms with Gasteiger partial charge in [-0.15, -0.1) is 0 Å². The number of H-pyrrole nitrogens is 1. The van der Waals surface area contributed by atoms with Crippen molar-refractivity contribution in [2.45, 2.75) is 37.1 Å². The Balaban J connectivity index is 1.36. The maximum absolute atomic E-state index is 14.2. The predicted octanol–water partition coefficient (Wildman–Crippen LogP) is 5.70. The number of ether oxygens (including phenoxy) is 3. The molecule has 0 aliphatic carbocycles. The average Bonchev–Trinajstić information content (AvgIpc) is 3.47. The van der Waals surface area contributed by atoms with E-state index < -0.39 is 41.1 Å². The Morgan fingerprint density at radius 2 is 1.34 bits per heavy atom. The van der Waals surface area contributed by atoms with Gasteiger partial charge in [-0.05, 0) is 34.4 Å². The number of benzene rings is 4. The van der Waals surface area contributed by atoms with E-state index in [1.807, 2.05) is 96.0 Å². The van der Waals surface area contributed by atoms with Crippen LogP contribution in [0.4, 0.5) is 8.78 Å². The zero-order valence-corrected chi connectivity index (χ0v) is 23.6. The first-order valence-corrected chi connectivity index (χ1v) is 14.3. The second-order valence-electron chi connectivity index (χ2n) is 10.6. The molecule has 6 rings (SSSR count). The third kappa shape index (κ3) is 6.03. The molecular weight excluding hydrogens is 566 g/mol. The van der Waals surface area contributed by atoms with Gasteiger partial charge in [0.05, 0.1) is 25.5 Å². The van der Waals surface area contributed by atoms with E-state index in [2.05, 4.69) is 0 Å². The summed E-state index contributed by atoms with van der Waals surface area (Å²) >= 11 is 0. The number of aromatic amines is 1. The summed E-state index contributed by atoms with van der Waals surface area (Å²) in [6.07, 6.45) is -1.20. The summed E-state index contributed by atoms with van der Waals surface area (Å²) in [6.45, 7) is 0.178. The molecule has 44 heavy (non-hydrogen) atoms. The van der Waals surface area contributed by atoms with Crippen molar-refractivity contribution in [3.8, 4) is 0 Å². The standard InChI is InChI=1S/C35H30F2N2O5/c36-28-18-16-24(17-19-28)22-42-30-20-32(39-21-29(37)33(40)38-34(39)41)44-31(30)23-43-35(25-10-4-1-5-11-25,26-12-6-2-7-13-26)27-14-8-3-9-15-27/h1-19,21,30-32H,20,22-23H2,(H,38,40,41)/t30-,31+,32+/m0/s1. The quantitative estimate of drug-likeness (QED) is 0.209. The molecule has 1 fully saturated rings. The largest absolute Gasteiger partial charge is 0.371 e. The molecule has 0 radical (unpaired) electrons. The molecule has 1 aromatic heterocycles. The van der Waals surface area contributed by atoms with Crippen LogP contribution in [0.15, 0.2) is 131 Å². The normalized spacial score (nSPS) is 18.4. The summed E-state index contributed by atoms with van der Waals surface area (Å²) in [7, 11) is 0. The van der Waals surface area contributed by atoms with Gasteiger partial charge in [-0.3, -0.25) is 14.3 Å². The van der Waals surface area contributed by atoms with Crippen LogP contribution in [0.5, 0.6) is 0 Å². The van der Waals surface area contributed by atoms with Gasteiger partial charge in [0.1, 0.15) is 23.8 Å². The lowest BCUT2D eigenvalue weighted by molar-refractivity contribution is -0.106. The Morgan fingerprint density at radius 1 is 0.795 bits per heavy atom. The summed E-state index contributed by atoms with van der Waals surface area (Å²) in [5, 5.41) is 0. The first-order chi connectivity index (χ1) is 21.4. The number of nitrogens with zero attached hydrogens (tertiary/aromatic N) is 1. The molecule has 224 valence electrons. The van der Waals surface area contributed by atoms with Gasteiger partial charge < -0.3 is 14.2 Å². The van der Waals surface area contributed by atoms with Gasteiger partial charge in [-0.25, -0.2) is 9.18 Å². The Kier molecular flexibility index (Phi) is 8.60. The van der Waals surface area contributed by atoms with Crippen LogP contribution in [0.3, 0.4) is 0 Å². The van der Waals surface area contributed by atoms with Crippen LogP contribution in [-0.4, -0.2) is 28.4 Å². The fraction of sp³-hybridized carbons (Fsp3) is 0.200. The van der Waals surface area contributed by atoms with Crippen molar-refractivity contribution in [3.05, 3.63) is 176 Å². The number of halogens is 2. The third-order valence-electron chi connectivity index (χ3n) is 7.80. The molecule has 1 saturated heterocycles. The van der Waals surface area contributed by atoms with Gasteiger partial charge in [-0.1, -0.05) is 103 Å². The van der Waals surface area contributed by atoms with E-state index in [1.54, 1.807) is 12.1 Å². The molecular formula is C35H30F2N2O5. The topological polar surface area (TPSA) is 82.6 Å². The van der Waals surface area contributed by atoms with Crippen molar-refractivity contribution in [1.29, 1.82) is 0 Å². The van der Waals surface area contributed by atoms with Crippen molar-refractivity contribution < 1.29 is 23.0 Å². The van der Waals surface area contributed by atoms with Crippen LogP contribution in [0.25, 0.3) is 0 Å². The Morgan fingerprint density at radius 3 is 1.89 bits per heavy atom. The van der Waals surface area contributed by atoms with E-state index in [0.717, 1.165) is 33.0 Å². The molecule has 3 atom stereocenters. The molecule has 0 unspecified atom stereocenters. The highest BCUT2D eigenvalue weighted by molar-refractivity contribution is 5.47. The predicted molar refractivity (Wildman–Crippen MR) is 160 cm³/mol. The number of hydrogen-bond acceptors (Lipinski definition) is 5. The molecule has 2 heterocycles. The highest BCUT2D eigenvalue weighted by atomic mass is 19.1. The second-order valence-corrected chi connectivity index (χ2v) is 10.6. The lowest BCUT2D eigenvalue weighted by Crippen LogP contribution is -2.38. The van der Waals surface area contributed by atoms with Gasteiger partial charge in [0.25, 0.3) is 5.56 Å². The third-order valence-corrected chi connectivity index (χ3v) is 7.80. The number of nitrogens with one attached hydrogen (secondary N) is 1. The van der Waals surface area contributed by atoms with Crippen LogP contribution in [0, 0.1) is 11.6 Å². The van der Waals surface area contributed by atoms with E-state index in [0.29, 0.717) is 0 Å². The molecule has 1 aliphatic heterocycles. The van der Waals surface area contributed by atoms with Crippen molar-refractivity contribution in [2.75, 3.05) is 6.61 Å². The number of rotatable bonds is 10. The Bertz CT molecular complexity index is 1700. The minimum Gasteiger partial charge on any atom is -0.371 e. The highest BCUT2D eigenvalue weighted by Gasteiger charge is 2.43. The smallest absolute Gasteiger partial charge is 0.330 e. The van der Waals surface area contributed by atoms with E-state index in [-0.39, 0.29) is 25.5 Å². The molecule has 0 spiro atoms. The van der Waals surface area contributed by atoms with Gasteiger partial charge in [0.2, 0.25) is 5.82 Å². The maximum Gasteiger partial charge on any atom is 0.330 e. The van der Waals surface area contributed by atoms with Crippen molar-refractivity contribution in [1.82, 2.24) is 9.55 Å². The zero-order chi connectivity index (χ0) is 30.5. The molecule has 4 aromatic carbocycles. The molecule has 5 aromatic rings. The lowest BCUT2D eigenvalue weighted by Gasteiger charge is -2.37. The van der Waals surface area contributed by atoms with Crippen LogP contribution >= 0.6 is 0 Å². The van der Waals surface area contributed by atoms with Crippen LogP contribution in [0.2, 0.25) is 0 Å². The maximum atomic E-state index is 14.2. The first-order valence-electron chi connectivity index (χ1n) is 14.3. The molecule has 1 N–H and O–H groups in total. The zero-order valence-electron chi connectivity index (χ0n) is 23.6. The molecule has 1 aliphatic rings. The van der Waals surface area contributed by atoms with E-state index in [9.17, 15) is 18.4 Å². The summed E-state index contributed by atoms with van der Waals surface area (Å²) in [6, 6.07) is 35.5. The van der Waals surface area contributed by atoms with Crippen molar-refractivity contribution >= 4 is 0 Å². The summed E-state index contributed by atoms with van der Waals surface area (Å²) in [4.78, 5) is 26.3. The van der Waals surface area contributed by atoms with Crippen LogP contribution < -0.4 is 11.2 Å². The molecule has 9 heteroatoms. The van der Waals surface area contributed by atoms with Gasteiger partial charge in [0.15, 0.2) is 0 Å². The second kappa shape index (κ2) is 12.9. The van der Waals surface area contributed by atoms with Crippen molar-refractivity contribution in [3.63, 3.8) is 0 Å². The fourth-order valence-electron chi connectivity index (χ4n) is 5.63. The monoisotopic (exact) mass is 596 g/mol. The Hall–Kier alpha value is -4.70. The van der Waals surface area contributed by atoms with E-state index >= 15 is 0 Å². The minimum atomic E-state index is -1.10. The van der Waals surface area contributed by atoms with Crippen LogP contribution in [-0.2, 0) is 26.4 Å². The summed E-state index contributed by atoms with van der Waals surface area (Å²) in [5.41, 5.74) is 0.500. The molecule has 0 bridgehead atoms. The molecule has 0 saturated carbocycles. The molecule has 0 amide bonds. The van der Waals surface area contributed by atoms with Crippen LogP contribution in [0.1, 0.15) is 34.9 Å². The van der Waals surface area contributed by atoms with Gasteiger partial charge in [-0.2, -0.15) is 4.39 Å².